The highest BCUT2D eigenvalue weighted by Gasteiger charge is 2.71. The summed E-state index contributed by atoms with van der Waals surface area (Å²) in [5, 5.41) is 21.3. The number of carbonyl (C=O) groups is 1. The van der Waals surface area contributed by atoms with E-state index < -0.39 is 29.0 Å². The molecule has 2 saturated carbocycles. The number of hydrogen-bond donors (Lipinski definition) is 2. The van der Waals surface area contributed by atoms with Gasteiger partial charge in [-0.2, -0.15) is 4.89 Å². The van der Waals surface area contributed by atoms with Crippen LogP contribution in [0.25, 0.3) is 0 Å². The van der Waals surface area contributed by atoms with Crippen LogP contribution < -0.4 is 0 Å². The van der Waals surface area contributed by atoms with Gasteiger partial charge in [-0.05, 0) is 25.7 Å². The van der Waals surface area contributed by atoms with Crippen molar-refractivity contribution >= 4 is 5.97 Å². The van der Waals surface area contributed by atoms with Gasteiger partial charge in [0.1, 0.15) is 5.60 Å². The van der Waals surface area contributed by atoms with Crippen molar-refractivity contribution in [2.24, 2.45) is 17.3 Å². The van der Waals surface area contributed by atoms with E-state index in [1.165, 1.54) is 0 Å². The Morgan fingerprint density at radius 2 is 2.00 bits per heavy atom. The summed E-state index contributed by atoms with van der Waals surface area (Å²) in [6.45, 7) is 3.83. The first kappa shape index (κ1) is 13.9. The highest BCUT2D eigenvalue weighted by atomic mass is 17.2. The Morgan fingerprint density at radius 3 is 2.76 bits per heavy atom. The Balaban J connectivity index is 1.77. The van der Waals surface area contributed by atoms with Crippen molar-refractivity contribution in [1.29, 1.82) is 0 Å². The summed E-state index contributed by atoms with van der Waals surface area (Å²) in [4.78, 5) is 22.8. The first-order chi connectivity index (χ1) is 9.81. The van der Waals surface area contributed by atoms with Crippen LogP contribution in [-0.2, 0) is 19.3 Å². The number of hydrogen-bond acceptors (Lipinski definition) is 6. The number of fused-ring (bicyclic) bond motifs is 3. The molecule has 4 rings (SSSR count). The van der Waals surface area contributed by atoms with E-state index in [9.17, 15) is 15.0 Å². The monoisotopic (exact) mass is 298 g/mol. The summed E-state index contributed by atoms with van der Waals surface area (Å²) < 4.78 is 5.39. The largest absolute Gasteiger partial charge is 0.456 e. The maximum Gasteiger partial charge on any atom is 0.309 e. The maximum atomic E-state index is 11.9. The Labute approximate surface area is 123 Å². The standard InChI is InChI=1S/C15H22O6/c1-8-9-3-5-13(2)10(16)4-6-14(13)7-15(18,21-20-14)11(9)19-12(8)17/h8-11,16,18H,3-7H2,1-2H3/t8?,9?,10-,11+,13+,14-,15+/m1/s1. The Morgan fingerprint density at radius 1 is 1.24 bits per heavy atom. The van der Waals surface area contributed by atoms with Gasteiger partial charge in [-0.1, -0.05) is 13.8 Å². The SMILES string of the molecule is CC1C(=O)O[C@H]2C1CC[C@@]1(C)[C@H](O)CC[C@@]13C[C@]2(O)OO3. The van der Waals surface area contributed by atoms with Gasteiger partial charge in [0.2, 0.25) is 5.79 Å². The van der Waals surface area contributed by atoms with Gasteiger partial charge in [-0.25, -0.2) is 4.89 Å². The van der Waals surface area contributed by atoms with Gasteiger partial charge in [0, 0.05) is 17.8 Å². The van der Waals surface area contributed by atoms with Crippen molar-refractivity contribution in [3.63, 3.8) is 0 Å². The van der Waals surface area contributed by atoms with Crippen molar-refractivity contribution in [2.45, 2.75) is 69.5 Å². The first-order valence-electron chi connectivity index (χ1n) is 7.79. The smallest absolute Gasteiger partial charge is 0.309 e. The van der Waals surface area contributed by atoms with E-state index in [4.69, 9.17) is 14.5 Å². The van der Waals surface area contributed by atoms with Gasteiger partial charge in [0.25, 0.3) is 0 Å². The molecule has 0 aromatic carbocycles. The van der Waals surface area contributed by atoms with Gasteiger partial charge in [-0.15, -0.1) is 0 Å². The molecule has 2 aliphatic heterocycles. The molecular weight excluding hydrogens is 276 g/mol. The fourth-order valence-corrected chi connectivity index (χ4v) is 4.92. The molecule has 6 heteroatoms. The van der Waals surface area contributed by atoms with Crippen LogP contribution in [0.3, 0.4) is 0 Å². The lowest BCUT2D eigenvalue weighted by Gasteiger charge is -2.43. The zero-order valence-corrected chi connectivity index (χ0v) is 12.4. The number of ether oxygens (including phenoxy) is 1. The molecule has 2 aliphatic carbocycles. The van der Waals surface area contributed by atoms with Crippen LogP contribution in [0, 0.1) is 17.3 Å². The normalized spacial score (nSPS) is 59.1. The Hall–Kier alpha value is -0.690. The molecule has 118 valence electrons. The lowest BCUT2D eigenvalue weighted by atomic mass is 9.64. The molecule has 0 aromatic rings. The van der Waals surface area contributed by atoms with Gasteiger partial charge in [-0.3, -0.25) is 4.79 Å². The summed E-state index contributed by atoms with van der Waals surface area (Å²) in [6.07, 6.45) is 1.82. The van der Waals surface area contributed by atoms with E-state index in [0.29, 0.717) is 19.3 Å². The van der Waals surface area contributed by atoms with Crippen molar-refractivity contribution < 1.29 is 29.5 Å². The molecular formula is C15H22O6. The van der Waals surface area contributed by atoms with Crippen LogP contribution in [0.4, 0.5) is 0 Å². The minimum atomic E-state index is -1.60. The Bertz CT molecular complexity index is 495. The van der Waals surface area contributed by atoms with E-state index in [1.807, 2.05) is 13.8 Å². The summed E-state index contributed by atoms with van der Waals surface area (Å²) in [6, 6.07) is 0. The zero-order valence-electron chi connectivity index (χ0n) is 12.4. The highest BCUT2D eigenvalue weighted by molar-refractivity contribution is 5.75. The topological polar surface area (TPSA) is 85.2 Å². The van der Waals surface area contributed by atoms with E-state index >= 15 is 0 Å². The predicted molar refractivity (Wildman–Crippen MR) is 69.6 cm³/mol. The summed E-state index contributed by atoms with van der Waals surface area (Å²) in [5.74, 6) is -2.26. The molecule has 4 aliphatic rings. The molecule has 2 N–H and O–H groups in total. The second-order valence-corrected chi connectivity index (χ2v) is 7.50. The van der Waals surface area contributed by atoms with Gasteiger partial charge < -0.3 is 14.9 Å². The molecule has 21 heavy (non-hydrogen) atoms. The van der Waals surface area contributed by atoms with Crippen molar-refractivity contribution in [3.05, 3.63) is 0 Å². The summed E-state index contributed by atoms with van der Waals surface area (Å²) >= 11 is 0. The third kappa shape index (κ3) is 1.54. The van der Waals surface area contributed by atoms with Gasteiger partial charge >= 0.3 is 5.97 Å². The molecule has 2 bridgehead atoms. The number of carbonyl (C=O) groups excluding carboxylic acids is 1. The zero-order chi connectivity index (χ0) is 15.0. The minimum Gasteiger partial charge on any atom is -0.456 e. The first-order valence-corrected chi connectivity index (χ1v) is 7.79. The molecule has 0 radical (unpaired) electrons. The molecule has 1 spiro atoms. The number of esters is 1. The van der Waals surface area contributed by atoms with Crippen LogP contribution in [0.5, 0.6) is 0 Å². The molecule has 2 unspecified atom stereocenters. The second kappa shape index (κ2) is 3.98. The fourth-order valence-electron chi connectivity index (χ4n) is 4.92. The average Bonchev–Trinajstić information content (AvgIpc) is 3.02. The van der Waals surface area contributed by atoms with Crippen molar-refractivity contribution in [3.8, 4) is 0 Å². The molecule has 2 saturated heterocycles. The molecule has 6 nitrogen and oxygen atoms in total. The van der Waals surface area contributed by atoms with Crippen LogP contribution in [0.2, 0.25) is 0 Å². The molecule has 4 fully saturated rings. The fraction of sp³-hybridized carbons (Fsp3) is 0.933. The van der Waals surface area contributed by atoms with Crippen molar-refractivity contribution in [2.75, 3.05) is 0 Å². The van der Waals surface area contributed by atoms with E-state index in [-0.39, 0.29) is 24.2 Å². The van der Waals surface area contributed by atoms with E-state index in [1.54, 1.807) is 0 Å². The number of rotatable bonds is 0. The molecule has 2 heterocycles. The van der Waals surface area contributed by atoms with Gasteiger partial charge in [0.05, 0.1) is 12.0 Å². The lowest BCUT2D eigenvalue weighted by Crippen LogP contribution is -2.53. The van der Waals surface area contributed by atoms with Crippen LogP contribution in [0.1, 0.15) is 46.0 Å². The third-order valence-electron chi connectivity index (χ3n) is 6.57. The van der Waals surface area contributed by atoms with E-state index in [0.717, 1.165) is 6.42 Å². The van der Waals surface area contributed by atoms with Gasteiger partial charge in [0.15, 0.2) is 6.10 Å². The summed E-state index contributed by atoms with van der Waals surface area (Å²) in [7, 11) is 0. The van der Waals surface area contributed by atoms with Crippen LogP contribution >= 0.6 is 0 Å². The quantitative estimate of drug-likeness (QED) is 0.510. The molecule has 0 aromatic heterocycles. The van der Waals surface area contributed by atoms with E-state index in [2.05, 4.69) is 0 Å². The highest BCUT2D eigenvalue weighted by Crippen LogP contribution is 2.62. The van der Waals surface area contributed by atoms with Crippen molar-refractivity contribution in [1.82, 2.24) is 0 Å². The Kier molecular flexibility index (Phi) is 2.64. The molecule has 0 amide bonds. The molecule has 7 atom stereocenters. The number of aliphatic hydroxyl groups is 2. The summed E-state index contributed by atoms with van der Waals surface area (Å²) in [5.41, 5.74) is -1.15. The average molecular weight is 298 g/mol. The minimum absolute atomic E-state index is 0.105. The lowest BCUT2D eigenvalue weighted by molar-refractivity contribution is -0.416. The van der Waals surface area contributed by atoms with Crippen LogP contribution in [0.15, 0.2) is 0 Å². The third-order valence-corrected chi connectivity index (χ3v) is 6.57. The maximum absolute atomic E-state index is 11.9. The predicted octanol–water partition coefficient (Wildman–Crippen LogP) is 0.898. The number of aliphatic hydroxyl groups excluding tert-OH is 1. The van der Waals surface area contributed by atoms with Crippen LogP contribution in [-0.4, -0.2) is 39.8 Å². The second-order valence-electron chi connectivity index (χ2n) is 7.50.